The second kappa shape index (κ2) is 5.11. The number of aryl methyl sites for hydroxylation is 1. The number of thioether (sulfide) groups is 1. The number of aliphatic hydroxyl groups excluding tert-OH is 1. The van der Waals surface area contributed by atoms with Crippen LogP contribution in [-0.2, 0) is 0 Å². The van der Waals surface area contributed by atoms with Crippen LogP contribution < -0.4 is 4.74 Å². The van der Waals surface area contributed by atoms with Crippen LogP contribution in [0.4, 0.5) is 0 Å². The summed E-state index contributed by atoms with van der Waals surface area (Å²) in [5, 5.41) is 10.3. The SMILES string of the molecule is COc1ccc(C(O)C2CCSC2)c(C)c1. The Balaban J connectivity index is 2.19. The van der Waals surface area contributed by atoms with Crippen LogP contribution in [0.3, 0.4) is 0 Å². The quantitative estimate of drug-likeness (QED) is 0.878. The predicted molar refractivity (Wildman–Crippen MR) is 68.1 cm³/mol. The summed E-state index contributed by atoms with van der Waals surface area (Å²) < 4.78 is 5.17. The maximum atomic E-state index is 10.3. The van der Waals surface area contributed by atoms with Crippen molar-refractivity contribution in [3.8, 4) is 5.75 Å². The van der Waals surface area contributed by atoms with Crippen molar-refractivity contribution in [2.45, 2.75) is 19.4 Å². The van der Waals surface area contributed by atoms with Gasteiger partial charge >= 0.3 is 0 Å². The summed E-state index contributed by atoms with van der Waals surface area (Å²) in [5.74, 6) is 3.52. The van der Waals surface area contributed by atoms with E-state index >= 15 is 0 Å². The molecule has 2 unspecified atom stereocenters. The summed E-state index contributed by atoms with van der Waals surface area (Å²) in [6.45, 7) is 2.03. The topological polar surface area (TPSA) is 29.5 Å². The van der Waals surface area contributed by atoms with E-state index in [0.717, 1.165) is 29.1 Å². The van der Waals surface area contributed by atoms with E-state index < -0.39 is 0 Å². The van der Waals surface area contributed by atoms with Crippen LogP contribution in [0, 0.1) is 12.8 Å². The Bertz CT molecular complexity index is 359. The van der Waals surface area contributed by atoms with Gasteiger partial charge in [-0.2, -0.15) is 11.8 Å². The highest BCUT2D eigenvalue weighted by molar-refractivity contribution is 7.99. The van der Waals surface area contributed by atoms with E-state index in [4.69, 9.17) is 4.74 Å². The van der Waals surface area contributed by atoms with Crippen molar-refractivity contribution in [1.82, 2.24) is 0 Å². The van der Waals surface area contributed by atoms with E-state index in [1.54, 1.807) is 7.11 Å². The highest BCUT2D eigenvalue weighted by Crippen LogP contribution is 2.35. The summed E-state index contributed by atoms with van der Waals surface area (Å²) in [6, 6.07) is 5.90. The summed E-state index contributed by atoms with van der Waals surface area (Å²) in [5.41, 5.74) is 2.16. The molecule has 16 heavy (non-hydrogen) atoms. The molecule has 1 fully saturated rings. The first kappa shape index (κ1) is 11.8. The molecule has 0 saturated carbocycles. The van der Waals surface area contributed by atoms with Gasteiger partial charge in [0, 0.05) is 0 Å². The zero-order valence-electron chi connectivity index (χ0n) is 9.77. The van der Waals surface area contributed by atoms with Gasteiger partial charge in [-0.25, -0.2) is 0 Å². The molecule has 0 bridgehead atoms. The number of methoxy groups -OCH3 is 1. The first-order chi connectivity index (χ1) is 7.72. The van der Waals surface area contributed by atoms with Gasteiger partial charge in [0.1, 0.15) is 5.75 Å². The Labute approximate surface area is 101 Å². The van der Waals surface area contributed by atoms with Crippen LogP contribution in [0.25, 0.3) is 0 Å². The monoisotopic (exact) mass is 238 g/mol. The lowest BCUT2D eigenvalue weighted by molar-refractivity contribution is 0.120. The standard InChI is InChI=1S/C13H18O2S/c1-9-7-11(15-2)3-4-12(9)13(14)10-5-6-16-8-10/h3-4,7,10,13-14H,5-6,8H2,1-2H3. The molecule has 1 heterocycles. The van der Waals surface area contributed by atoms with E-state index in [0.29, 0.717) is 5.92 Å². The molecule has 1 aromatic rings. The Morgan fingerprint density at radius 2 is 2.31 bits per heavy atom. The fraction of sp³-hybridized carbons (Fsp3) is 0.538. The average molecular weight is 238 g/mol. The summed E-state index contributed by atoms with van der Waals surface area (Å²) in [7, 11) is 1.67. The molecule has 2 atom stereocenters. The van der Waals surface area contributed by atoms with E-state index in [2.05, 4.69) is 0 Å². The van der Waals surface area contributed by atoms with E-state index in [-0.39, 0.29) is 6.10 Å². The zero-order chi connectivity index (χ0) is 11.5. The van der Waals surface area contributed by atoms with Crippen molar-refractivity contribution < 1.29 is 9.84 Å². The van der Waals surface area contributed by atoms with E-state index in [1.165, 1.54) is 5.75 Å². The first-order valence-corrected chi connectivity index (χ1v) is 6.78. The molecule has 1 aliphatic heterocycles. The summed E-state index contributed by atoms with van der Waals surface area (Å²) >= 11 is 1.93. The van der Waals surface area contributed by atoms with Crippen LogP contribution in [0.1, 0.15) is 23.7 Å². The zero-order valence-corrected chi connectivity index (χ0v) is 10.6. The van der Waals surface area contributed by atoms with Gasteiger partial charge in [0.2, 0.25) is 0 Å². The normalized spacial score (nSPS) is 22.1. The smallest absolute Gasteiger partial charge is 0.119 e. The molecule has 1 aliphatic rings. The van der Waals surface area contributed by atoms with Crippen LogP contribution in [0.2, 0.25) is 0 Å². The second-order valence-corrected chi connectivity index (χ2v) is 5.44. The number of aliphatic hydroxyl groups is 1. The summed E-state index contributed by atoms with van der Waals surface area (Å²) in [6.07, 6.45) is 0.804. The predicted octanol–water partition coefficient (Wildman–Crippen LogP) is 2.79. The minimum atomic E-state index is -0.319. The number of ether oxygens (including phenoxy) is 1. The second-order valence-electron chi connectivity index (χ2n) is 4.29. The average Bonchev–Trinajstić information content (AvgIpc) is 2.81. The van der Waals surface area contributed by atoms with Gasteiger partial charge in [-0.05, 0) is 54.0 Å². The Morgan fingerprint density at radius 3 is 2.88 bits per heavy atom. The van der Waals surface area contributed by atoms with Crippen LogP contribution in [-0.4, -0.2) is 23.7 Å². The fourth-order valence-corrected chi connectivity index (χ4v) is 3.45. The molecule has 88 valence electrons. The molecular formula is C13H18O2S. The number of hydrogen-bond donors (Lipinski definition) is 1. The van der Waals surface area contributed by atoms with E-state index in [1.807, 2.05) is 36.9 Å². The van der Waals surface area contributed by atoms with Gasteiger partial charge in [-0.15, -0.1) is 0 Å². The van der Waals surface area contributed by atoms with Gasteiger partial charge in [0.05, 0.1) is 13.2 Å². The van der Waals surface area contributed by atoms with Crippen molar-refractivity contribution in [3.63, 3.8) is 0 Å². The number of benzene rings is 1. The lowest BCUT2D eigenvalue weighted by Crippen LogP contribution is -2.12. The molecular weight excluding hydrogens is 220 g/mol. The molecule has 2 nitrogen and oxygen atoms in total. The van der Waals surface area contributed by atoms with Gasteiger partial charge in [0.25, 0.3) is 0 Å². The summed E-state index contributed by atoms with van der Waals surface area (Å²) in [4.78, 5) is 0. The molecule has 0 spiro atoms. The lowest BCUT2D eigenvalue weighted by atomic mass is 9.92. The van der Waals surface area contributed by atoms with Gasteiger partial charge < -0.3 is 9.84 Å². The van der Waals surface area contributed by atoms with E-state index in [9.17, 15) is 5.11 Å². The van der Waals surface area contributed by atoms with Crippen molar-refractivity contribution in [3.05, 3.63) is 29.3 Å². The molecule has 3 heteroatoms. The van der Waals surface area contributed by atoms with Crippen molar-refractivity contribution in [1.29, 1.82) is 0 Å². The Kier molecular flexibility index (Phi) is 3.77. The van der Waals surface area contributed by atoms with Crippen molar-refractivity contribution >= 4 is 11.8 Å². The van der Waals surface area contributed by atoms with Crippen molar-refractivity contribution in [2.75, 3.05) is 18.6 Å². The Hall–Kier alpha value is -0.670. The van der Waals surface area contributed by atoms with Gasteiger partial charge in [-0.1, -0.05) is 6.07 Å². The minimum Gasteiger partial charge on any atom is -0.497 e. The highest BCUT2D eigenvalue weighted by Gasteiger charge is 2.25. The fourth-order valence-electron chi connectivity index (χ4n) is 2.16. The lowest BCUT2D eigenvalue weighted by Gasteiger charge is -2.19. The molecule has 1 aromatic carbocycles. The molecule has 0 aliphatic carbocycles. The molecule has 0 amide bonds. The van der Waals surface area contributed by atoms with Gasteiger partial charge in [0.15, 0.2) is 0 Å². The van der Waals surface area contributed by atoms with Crippen LogP contribution in [0.15, 0.2) is 18.2 Å². The third kappa shape index (κ3) is 2.36. The molecule has 1 saturated heterocycles. The largest absolute Gasteiger partial charge is 0.497 e. The molecule has 1 N–H and O–H groups in total. The first-order valence-electron chi connectivity index (χ1n) is 5.62. The molecule has 2 rings (SSSR count). The van der Waals surface area contributed by atoms with Crippen LogP contribution >= 0.6 is 11.8 Å². The third-order valence-corrected chi connectivity index (χ3v) is 4.40. The maximum Gasteiger partial charge on any atom is 0.119 e. The molecule has 0 aromatic heterocycles. The van der Waals surface area contributed by atoms with Crippen LogP contribution in [0.5, 0.6) is 5.75 Å². The maximum absolute atomic E-state index is 10.3. The number of rotatable bonds is 3. The number of hydrogen-bond acceptors (Lipinski definition) is 3. The highest BCUT2D eigenvalue weighted by atomic mass is 32.2. The van der Waals surface area contributed by atoms with Crippen molar-refractivity contribution in [2.24, 2.45) is 5.92 Å². The third-order valence-electron chi connectivity index (χ3n) is 3.21. The van der Waals surface area contributed by atoms with Gasteiger partial charge in [-0.3, -0.25) is 0 Å². The minimum absolute atomic E-state index is 0.319. The molecule has 0 radical (unpaired) electrons. The Morgan fingerprint density at radius 1 is 1.50 bits per heavy atom.